The van der Waals surface area contributed by atoms with Crippen LogP contribution in [0.4, 0.5) is 0 Å². The van der Waals surface area contributed by atoms with E-state index in [-0.39, 0.29) is 24.9 Å². The van der Waals surface area contributed by atoms with Gasteiger partial charge < -0.3 is 14.9 Å². The first kappa shape index (κ1) is 11.6. The lowest BCUT2D eigenvalue weighted by Crippen LogP contribution is -2.15. The van der Waals surface area contributed by atoms with Crippen molar-refractivity contribution in [3.8, 4) is 0 Å². The quantitative estimate of drug-likeness (QED) is 0.698. The van der Waals surface area contributed by atoms with Crippen LogP contribution in [0.1, 0.15) is 29.1 Å². The highest BCUT2D eigenvalue weighted by Gasteiger charge is 2.21. The summed E-state index contributed by atoms with van der Waals surface area (Å²) < 4.78 is 6.22. The lowest BCUT2D eigenvalue weighted by atomic mass is 10.3. The van der Waals surface area contributed by atoms with Crippen LogP contribution in [0.2, 0.25) is 0 Å². The van der Waals surface area contributed by atoms with Gasteiger partial charge in [-0.05, 0) is 6.92 Å². The summed E-state index contributed by atoms with van der Waals surface area (Å²) >= 11 is 0. The molecule has 0 aliphatic carbocycles. The van der Waals surface area contributed by atoms with E-state index in [9.17, 15) is 4.79 Å². The van der Waals surface area contributed by atoms with Gasteiger partial charge in [-0.25, -0.2) is 9.48 Å². The molecule has 0 bridgehead atoms. The van der Waals surface area contributed by atoms with Crippen LogP contribution in [0.15, 0.2) is 0 Å². The van der Waals surface area contributed by atoms with Crippen LogP contribution in [0, 0.1) is 0 Å². The number of aromatic nitrogens is 3. The molecule has 0 saturated carbocycles. The number of methoxy groups -OCH3 is 1. The zero-order valence-electron chi connectivity index (χ0n) is 8.54. The Labute approximate surface area is 86.3 Å². The molecule has 0 aliphatic rings. The fourth-order valence-corrected chi connectivity index (χ4v) is 1.18. The van der Waals surface area contributed by atoms with Crippen LogP contribution in [0.5, 0.6) is 0 Å². The number of ether oxygens (including phenoxy) is 1. The van der Waals surface area contributed by atoms with E-state index >= 15 is 0 Å². The summed E-state index contributed by atoms with van der Waals surface area (Å²) in [6, 6.07) is -0.323. The van der Waals surface area contributed by atoms with Crippen molar-refractivity contribution in [2.45, 2.75) is 19.6 Å². The van der Waals surface area contributed by atoms with Gasteiger partial charge in [0.25, 0.3) is 0 Å². The normalized spacial score (nSPS) is 12.7. The Bertz CT molecular complexity index is 350. The molecule has 0 spiro atoms. The standard InChI is InChI=1S/C8H13N3O4/c1-5(3-12)11-6(4-15-2)7(8(13)14)9-10-11/h5,12H,3-4H2,1-2H3,(H,13,14). The van der Waals surface area contributed by atoms with Gasteiger partial charge in [-0.2, -0.15) is 0 Å². The number of aromatic carboxylic acids is 1. The molecule has 0 fully saturated rings. The summed E-state index contributed by atoms with van der Waals surface area (Å²) in [6.07, 6.45) is 0. The van der Waals surface area contributed by atoms with E-state index in [0.29, 0.717) is 5.69 Å². The summed E-state index contributed by atoms with van der Waals surface area (Å²) in [6.45, 7) is 1.66. The first-order valence-electron chi connectivity index (χ1n) is 4.39. The molecule has 15 heavy (non-hydrogen) atoms. The lowest BCUT2D eigenvalue weighted by molar-refractivity contribution is 0.0684. The number of carboxylic acids is 1. The Morgan fingerprint density at radius 1 is 1.67 bits per heavy atom. The lowest BCUT2D eigenvalue weighted by Gasteiger charge is -2.11. The maximum atomic E-state index is 10.8. The highest BCUT2D eigenvalue weighted by molar-refractivity contribution is 5.86. The van der Waals surface area contributed by atoms with Gasteiger partial charge in [0.15, 0.2) is 5.69 Å². The van der Waals surface area contributed by atoms with Gasteiger partial charge in [-0.3, -0.25) is 0 Å². The second-order valence-corrected chi connectivity index (χ2v) is 3.10. The van der Waals surface area contributed by atoms with Gasteiger partial charge in [0.2, 0.25) is 0 Å². The largest absolute Gasteiger partial charge is 0.476 e. The third kappa shape index (κ3) is 2.31. The third-order valence-electron chi connectivity index (χ3n) is 1.96. The van der Waals surface area contributed by atoms with E-state index in [1.165, 1.54) is 11.8 Å². The summed E-state index contributed by atoms with van der Waals surface area (Å²) in [5, 5.41) is 25.0. The summed E-state index contributed by atoms with van der Waals surface area (Å²) in [7, 11) is 1.45. The highest BCUT2D eigenvalue weighted by Crippen LogP contribution is 2.12. The molecule has 0 amide bonds. The zero-order chi connectivity index (χ0) is 11.4. The van der Waals surface area contributed by atoms with E-state index in [1.54, 1.807) is 6.92 Å². The van der Waals surface area contributed by atoms with Gasteiger partial charge in [0.1, 0.15) is 0 Å². The predicted molar refractivity (Wildman–Crippen MR) is 49.5 cm³/mol. The van der Waals surface area contributed by atoms with Crippen molar-refractivity contribution < 1.29 is 19.7 Å². The number of rotatable bonds is 5. The van der Waals surface area contributed by atoms with Gasteiger partial charge in [0, 0.05) is 7.11 Å². The Balaban J connectivity index is 3.11. The van der Waals surface area contributed by atoms with Crippen molar-refractivity contribution in [2.24, 2.45) is 0 Å². The Morgan fingerprint density at radius 2 is 2.33 bits per heavy atom. The third-order valence-corrected chi connectivity index (χ3v) is 1.96. The molecule has 84 valence electrons. The predicted octanol–water partition coefficient (Wildman–Crippen LogP) is -0.324. The zero-order valence-corrected chi connectivity index (χ0v) is 8.54. The van der Waals surface area contributed by atoms with Gasteiger partial charge in [-0.15, -0.1) is 5.10 Å². The molecule has 1 atom stereocenters. The second kappa shape index (κ2) is 4.85. The van der Waals surface area contributed by atoms with E-state index in [0.717, 1.165) is 0 Å². The minimum absolute atomic E-state index is 0.0962. The minimum atomic E-state index is -1.15. The Hall–Kier alpha value is -1.47. The van der Waals surface area contributed by atoms with E-state index in [1.807, 2.05) is 0 Å². The topological polar surface area (TPSA) is 97.5 Å². The number of hydrogen-bond donors (Lipinski definition) is 2. The average molecular weight is 215 g/mol. The molecule has 0 aromatic carbocycles. The molecule has 2 N–H and O–H groups in total. The van der Waals surface area contributed by atoms with Gasteiger partial charge in [0.05, 0.1) is 24.9 Å². The van der Waals surface area contributed by atoms with Gasteiger partial charge >= 0.3 is 5.97 Å². The van der Waals surface area contributed by atoms with Crippen molar-refractivity contribution in [1.82, 2.24) is 15.0 Å². The van der Waals surface area contributed by atoms with Crippen LogP contribution >= 0.6 is 0 Å². The van der Waals surface area contributed by atoms with E-state index < -0.39 is 5.97 Å². The summed E-state index contributed by atoms with van der Waals surface area (Å²) in [5.74, 6) is -1.15. The van der Waals surface area contributed by atoms with Crippen LogP contribution in [-0.4, -0.2) is 44.9 Å². The van der Waals surface area contributed by atoms with Crippen molar-refractivity contribution in [2.75, 3.05) is 13.7 Å². The molecule has 7 heteroatoms. The first-order chi connectivity index (χ1) is 7.11. The number of carboxylic acid groups (broad SMARTS) is 1. The fraction of sp³-hybridized carbons (Fsp3) is 0.625. The molecule has 1 aromatic heterocycles. The average Bonchev–Trinajstić information content (AvgIpc) is 2.61. The number of aliphatic hydroxyl groups excluding tert-OH is 1. The molecule has 0 radical (unpaired) electrons. The van der Waals surface area contributed by atoms with Crippen molar-refractivity contribution in [3.05, 3.63) is 11.4 Å². The van der Waals surface area contributed by atoms with Gasteiger partial charge in [-0.1, -0.05) is 5.21 Å². The van der Waals surface area contributed by atoms with Crippen LogP contribution in [0.25, 0.3) is 0 Å². The summed E-state index contributed by atoms with van der Waals surface area (Å²) in [4.78, 5) is 10.8. The molecule has 1 rings (SSSR count). The number of hydrogen-bond acceptors (Lipinski definition) is 5. The molecule has 0 saturated heterocycles. The van der Waals surface area contributed by atoms with Crippen LogP contribution in [0.3, 0.4) is 0 Å². The number of nitrogens with zero attached hydrogens (tertiary/aromatic N) is 3. The maximum absolute atomic E-state index is 10.8. The first-order valence-corrected chi connectivity index (χ1v) is 4.39. The molecule has 1 unspecified atom stereocenters. The summed E-state index contributed by atoms with van der Waals surface area (Å²) in [5.41, 5.74) is 0.212. The van der Waals surface area contributed by atoms with E-state index in [2.05, 4.69) is 10.3 Å². The maximum Gasteiger partial charge on any atom is 0.358 e. The van der Waals surface area contributed by atoms with Crippen molar-refractivity contribution in [3.63, 3.8) is 0 Å². The van der Waals surface area contributed by atoms with Crippen LogP contribution < -0.4 is 0 Å². The molecular formula is C8H13N3O4. The second-order valence-electron chi connectivity index (χ2n) is 3.10. The van der Waals surface area contributed by atoms with Crippen molar-refractivity contribution >= 4 is 5.97 Å². The fourth-order valence-electron chi connectivity index (χ4n) is 1.18. The molecular weight excluding hydrogens is 202 g/mol. The number of aliphatic hydroxyl groups is 1. The smallest absolute Gasteiger partial charge is 0.358 e. The number of carbonyl (C=O) groups is 1. The SMILES string of the molecule is COCc1c(C(=O)O)nnn1C(C)CO. The van der Waals surface area contributed by atoms with E-state index in [4.69, 9.17) is 14.9 Å². The van der Waals surface area contributed by atoms with Crippen molar-refractivity contribution in [1.29, 1.82) is 0 Å². The molecule has 0 aliphatic heterocycles. The van der Waals surface area contributed by atoms with Crippen LogP contribution in [-0.2, 0) is 11.3 Å². The molecule has 1 aromatic rings. The monoisotopic (exact) mass is 215 g/mol. The molecule has 1 heterocycles. The highest BCUT2D eigenvalue weighted by atomic mass is 16.5. The Morgan fingerprint density at radius 3 is 2.80 bits per heavy atom. The Kier molecular flexibility index (Phi) is 3.75. The minimum Gasteiger partial charge on any atom is -0.476 e. The molecule has 7 nitrogen and oxygen atoms in total.